The van der Waals surface area contributed by atoms with E-state index in [1.165, 1.54) is 7.11 Å². The van der Waals surface area contributed by atoms with E-state index in [1.807, 2.05) is 24.3 Å². The standard InChI is InChI=1S/C15H18INO4/c1-20-15(19)12(9-10-5-2-3-6-11(10)16)17-14(18)13-7-4-8-21-13/h2-3,5-6,12-13H,4,7-9H2,1H3,(H,17,18)/t12-,13+/m0/s1. The summed E-state index contributed by atoms with van der Waals surface area (Å²) in [5, 5.41) is 2.74. The number of rotatable bonds is 5. The summed E-state index contributed by atoms with van der Waals surface area (Å²) < 4.78 is 11.2. The Labute approximate surface area is 137 Å². The van der Waals surface area contributed by atoms with Gasteiger partial charge >= 0.3 is 5.97 Å². The first kappa shape index (κ1) is 16.2. The third kappa shape index (κ3) is 4.41. The number of ether oxygens (including phenoxy) is 2. The molecule has 1 N–H and O–H groups in total. The van der Waals surface area contributed by atoms with Crippen molar-refractivity contribution in [1.29, 1.82) is 0 Å². The van der Waals surface area contributed by atoms with Gasteiger partial charge in [-0.2, -0.15) is 0 Å². The normalized spacial score (nSPS) is 19.0. The van der Waals surface area contributed by atoms with Gasteiger partial charge in [0.05, 0.1) is 7.11 Å². The second-order valence-electron chi connectivity index (χ2n) is 4.88. The molecule has 0 spiro atoms. The van der Waals surface area contributed by atoms with Crippen LogP contribution in [0, 0.1) is 3.57 Å². The first-order valence-corrected chi connectivity index (χ1v) is 7.93. The van der Waals surface area contributed by atoms with Crippen LogP contribution in [0.5, 0.6) is 0 Å². The largest absolute Gasteiger partial charge is 0.467 e. The Morgan fingerprint density at radius 1 is 1.48 bits per heavy atom. The summed E-state index contributed by atoms with van der Waals surface area (Å²) in [6, 6.07) is 7.06. The van der Waals surface area contributed by atoms with Crippen LogP contribution < -0.4 is 5.32 Å². The Bertz CT molecular complexity index is 514. The van der Waals surface area contributed by atoms with Crippen molar-refractivity contribution in [3.8, 4) is 0 Å². The lowest BCUT2D eigenvalue weighted by Crippen LogP contribution is -2.47. The zero-order chi connectivity index (χ0) is 15.2. The average molecular weight is 403 g/mol. The highest BCUT2D eigenvalue weighted by Crippen LogP contribution is 2.16. The van der Waals surface area contributed by atoms with E-state index in [0.29, 0.717) is 19.4 Å². The van der Waals surface area contributed by atoms with E-state index in [1.54, 1.807) is 0 Å². The minimum absolute atomic E-state index is 0.242. The van der Waals surface area contributed by atoms with Crippen molar-refractivity contribution in [3.63, 3.8) is 0 Å². The molecule has 1 amide bonds. The van der Waals surface area contributed by atoms with E-state index in [-0.39, 0.29) is 5.91 Å². The molecule has 0 bridgehead atoms. The molecule has 0 aromatic heterocycles. The zero-order valence-corrected chi connectivity index (χ0v) is 14.0. The van der Waals surface area contributed by atoms with Crippen LogP contribution in [0.3, 0.4) is 0 Å². The highest BCUT2D eigenvalue weighted by molar-refractivity contribution is 14.1. The summed E-state index contributed by atoms with van der Waals surface area (Å²) in [4.78, 5) is 24.0. The van der Waals surface area contributed by atoms with E-state index in [2.05, 4.69) is 27.9 Å². The quantitative estimate of drug-likeness (QED) is 0.600. The minimum Gasteiger partial charge on any atom is -0.467 e. The second kappa shape index (κ2) is 7.74. The lowest BCUT2D eigenvalue weighted by atomic mass is 10.1. The molecule has 2 rings (SSSR count). The Balaban J connectivity index is 2.06. The molecular formula is C15H18INO4. The molecule has 1 aliphatic heterocycles. The van der Waals surface area contributed by atoms with Gasteiger partial charge in [-0.15, -0.1) is 0 Å². The van der Waals surface area contributed by atoms with E-state index in [9.17, 15) is 9.59 Å². The van der Waals surface area contributed by atoms with Gasteiger partial charge < -0.3 is 14.8 Å². The van der Waals surface area contributed by atoms with Crippen molar-refractivity contribution in [2.45, 2.75) is 31.4 Å². The number of nitrogens with one attached hydrogen (secondary N) is 1. The molecule has 2 atom stereocenters. The molecule has 1 heterocycles. The summed E-state index contributed by atoms with van der Waals surface area (Å²) in [5.74, 6) is -0.685. The van der Waals surface area contributed by atoms with Gasteiger partial charge in [-0.1, -0.05) is 18.2 Å². The maximum absolute atomic E-state index is 12.1. The number of carbonyl (C=O) groups excluding carboxylic acids is 2. The molecule has 0 saturated carbocycles. The van der Waals surface area contributed by atoms with Crippen LogP contribution in [0.1, 0.15) is 18.4 Å². The summed E-state index contributed by atoms with van der Waals surface area (Å²) in [6.07, 6.45) is 1.52. The Morgan fingerprint density at radius 3 is 2.86 bits per heavy atom. The highest BCUT2D eigenvalue weighted by Gasteiger charge is 2.29. The van der Waals surface area contributed by atoms with E-state index >= 15 is 0 Å². The topological polar surface area (TPSA) is 64.6 Å². The lowest BCUT2D eigenvalue weighted by molar-refractivity contribution is -0.146. The third-order valence-corrected chi connectivity index (χ3v) is 4.46. The molecule has 5 nitrogen and oxygen atoms in total. The number of hydrogen-bond acceptors (Lipinski definition) is 4. The number of methoxy groups -OCH3 is 1. The number of halogens is 1. The molecule has 1 fully saturated rings. The smallest absolute Gasteiger partial charge is 0.328 e. The van der Waals surface area contributed by atoms with Crippen LogP contribution in [0.2, 0.25) is 0 Å². The SMILES string of the molecule is COC(=O)[C@H](Cc1ccccc1I)NC(=O)[C@H]1CCCO1. The maximum atomic E-state index is 12.1. The first-order chi connectivity index (χ1) is 10.1. The highest BCUT2D eigenvalue weighted by atomic mass is 127. The first-order valence-electron chi connectivity index (χ1n) is 6.85. The number of esters is 1. The summed E-state index contributed by atoms with van der Waals surface area (Å²) in [5.41, 5.74) is 1.00. The summed E-state index contributed by atoms with van der Waals surface area (Å²) in [7, 11) is 1.32. The monoisotopic (exact) mass is 403 g/mol. The maximum Gasteiger partial charge on any atom is 0.328 e. The molecule has 6 heteroatoms. The van der Waals surface area contributed by atoms with Gasteiger partial charge in [0.15, 0.2) is 0 Å². The Hall–Kier alpha value is -1.15. The van der Waals surface area contributed by atoms with Crippen molar-refractivity contribution in [2.75, 3.05) is 13.7 Å². The molecule has 0 radical (unpaired) electrons. The number of carbonyl (C=O) groups is 2. The van der Waals surface area contributed by atoms with Crippen molar-refractivity contribution >= 4 is 34.5 Å². The van der Waals surface area contributed by atoms with Crippen LogP contribution in [-0.4, -0.2) is 37.7 Å². The van der Waals surface area contributed by atoms with Crippen molar-refractivity contribution < 1.29 is 19.1 Å². The number of benzene rings is 1. The van der Waals surface area contributed by atoms with Crippen molar-refractivity contribution in [3.05, 3.63) is 33.4 Å². The van der Waals surface area contributed by atoms with Crippen LogP contribution in [-0.2, 0) is 25.5 Å². The number of hydrogen-bond donors (Lipinski definition) is 1. The van der Waals surface area contributed by atoms with Crippen LogP contribution >= 0.6 is 22.6 Å². The molecule has 1 saturated heterocycles. The van der Waals surface area contributed by atoms with Gasteiger partial charge in [0.2, 0.25) is 5.91 Å². The van der Waals surface area contributed by atoms with Gasteiger partial charge in [0, 0.05) is 16.6 Å². The van der Waals surface area contributed by atoms with E-state index < -0.39 is 18.1 Å². The van der Waals surface area contributed by atoms with Gasteiger partial charge in [-0.3, -0.25) is 4.79 Å². The van der Waals surface area contributed by atoms with Gasteiger partial charge in [-0.25, -0.2) is 4.79 Å². The number of amides is 1. The lowest BCUT2D eigenvalue weighted by Gasteiger charge is -2.19. The molecule has 114 valence electrons. The van der Waals surface area contributed by atoms with Gasteiger partial charge in [0.1, 0.15) is 12.1 Å². The minimum atomic E-state index is -0.692. The molecule has 1 aliphatic rings. The Kier molecular flexibility index (Phi) is 5.98. The molecule has 1 aromatic rings. The van der Waals surface area contributed by atoms with Crippen LogP contribution in [0.25, 0.3) is 0 Å². The molecule has 21 heavy (non-hydrogen) atoms. The van der Waals surface area contributed by atoms with E-state index in [0.717, 1.165) is 15.6 Å². The average Bonchev–Trinajstić information content (AvgIpc) is 3.02. The van der Waals surface area contributed by atoms with Crippen molar-refractivity contribution in [2.24, 2.45) is 0 Å². The summed E-state index contributed by atoms with van der Waals surface area (Å²) >= 11 is 2.21. The second-order valence-corrected chi connectivity index (χ2v) is 6.04. The van der Waals surface area contributed by atoms with Gasteiger partial charge in [-0.05, 0) is 47.1 Å². The predicted octanol–water partition coefficient (Wildman–Crippen LogP) is 1.67. The van der Waals surface area contributed by atoms with E-state index in [4.69, 9.17) is 9.47 Å². The summed E-state index contributed by atoms with van der Waals surface area (Å²) in [6.45, 7) is 0.595. The van der Waals surface area contributed by atoms with Crippen LogP contribution in [0.4, 0.5) is 0 Å². The van der Waals surface area contributed by atoms with Crippen molar-refractivity contribution in [1.82, 2.24) is 5.32 Å². The Morgan fingerprint density at radius 2 is 2.24 bits per heavy atom. The molecular weight excluding hydrogens is 385 g/mol. The molecule has 1 aromatic carbocycles. The zero-order valence-electron chi connectivity index (χ0n) is 11.8. The molecule has 0 unspecified atom stereocenters. The fourth-order valence-corrected chi connectivity index (χ4v) is 2.88. The molecule has 0 aliphatic carbocycles. The fourth-order valence-electron chi connectivity index (χ4n) is 2.27. The predicted molar refractivity (Wildman–Crippen MR) is 85.8 cm³/mol. The third-order valence-electron chi connectivity index (χ3n) is 3.41. The van der Waals surface area contributed by atoms with Crippen LogP contribution in [0.15, 0.2) is 24.3 Å². The fraction of sp³-hybridized carbons (Fsp3) is 0.467. The van der Waals surface area contributed by atoms with Gasteiger partial charge in [0.25, 0.3) is 0 Å².